The van der Waals surface area contributed by atoms with Gasteiger partial charge in [0.15, 0.2) is 6.23 Å². The van der Waals surface area contributed by atoms with Crippen LogP contribution in [0, 0.1) is 0 Å². The van der Waals surface area contributed by atoms with Crippen molar-refractivity contribution in [3.05, 3.63) is 12.2 Å². The third kappa shape index (κ3) is 5.84. The number of amides is 1. The first kappa shape index (κ1) is 15.1. The van der Waals surface area contributed by atoms with Crippen LogP contribution in [0.3, 0.4) is 0 Å². The average Bonchev–Trinajstić information content (AvgIpc) is 2.15. The molecule has 7 heteroatoms. The first-order valence-electron chi connectivity index (χ1n) is 4.86. The molecule has 0 aliphatic heterocycles. The summed E-state index contributed by atoms with van der Waals surface area (Å²) in [5, 5.41) is 2.36. The summed E-state index contributed by atoms with van der Waals surface area (Å²) in [4.78, 5) is 11.2. The summed E-state index contributed by atoms with van der Waals surface area (Å²) in [5.41, 5.74) is 0.274. The Kier molecular flexibility index (Phi) is 6.24. The molecule has 0 saturated carbocycles. The molecule has 1 N–H and O–H groups in total. The van der Waals surface area contributed by atoms with Gasteiger partial charge in [0.25, 0.3) is 0 Å². The molecule has 0 fully saturated rings. The maximum atomic E-state index is 11.2. The minimum absolute atomic E-state index is 0.0206. The summed E-state index contributed by atoms with van der Waals surface area (Å²) < 4.78 is 31.3. The number of hydrogen-bond donors (Lipinski definition) is 1. The first-order chi connectivity index (χ1) is 7.32. The van der Waals surface area contributed by atoms with E-state index in [1.165, 1.54) is 13.8 Å². The molecule has 0 aromatic heterocycles. The molecule has 1 amide bonds. The second kappa shape index (κ2) is 6.62. The van der Waals surface area contributed by atoms with E-state index in [1.807, 2.05) is 0 Å². The Morgan fingerprint density at radius 3 is 2.38 bits per heavy atom. The van der Waals surface area contributed by atoms with Crippen molar-refractivity contribution in [1.82, 2.24) is 5.32 Å². The van der Waals surface area contributed by atoms with Crippen LogP contribution < -0.4 is 5.32 Å². The molecular formula is C9H17NO5S. The van der Waals surface area contributed by atoms with Gasteiger partial charge in [0.2, 0.25) is 5.91 Å². The Morgan fingerprint density at radius 1 is 1.44 bits per heavy atom. The summed E-state index contributed by atoms with van der Waals surface area (Å²) in [5.74, 6) is -0.460. The Bertz CT molecular complexity index is 349. The van der Waals surface area contributed by atoms with Gasteiger partial charge >= 0.3 is 10.4 Å². The van der Waals surface area contributed by atoms with Crippen LogP contribution in [0.15, 0.2) is 12.2 Å². The highest BCUT2D eigenvalue weighted by molar-refractivity contribution is 7.81. The monoisotopic (exact) mass is 251 g/mol. The Labute approximate surface area is 96.0 Å². The van der Waals surface area contributed by atoms with Crippen LogP contribution in [-0.2, 0) is 23.6 Å². The molecular weight excluding hydrogens is 234 g/mol. The molecule has 0 heterocycles. The van der Waals surface area contributed by atoms with E-state index in [4.69, 9.17) is 0 Å². The quantitative estimate of drug-likeness (QED) is 0.532. The van der Waals surface area contributed by atoms with Crippen molar-refractivity contribution < 1.29 is 21.6 Å². The van der Waals surface area contributed by atoms with Crippen LogP contribution in [0.4, 0.5) is 0 Å². The molecule has 0 bridgehead atoms. The van der Waals surface area contributed by atoms with Crippen molar-refractivity contribution in [2.24, 2.45) is 0 Å². The molecule has 16 heavy (non-hydrogen) atoms. The number of carbonyl (C=O) groups is 1. The molecule has 0 rings (SSSR count). The fourth-order valence-corrected chi connectivity index (χ4v) is 1.59. The van der Waals surface area contributed by atoms with Crippen molar-refractivity contribution >= 4 is 16.3 Å². The maximum absolute atomic E-state index is 11.2. The largest absolute Gasteiger partial charge is 0.401 e. The summed E-state index contributed by atoms with van der Waals surface area (Å²) in [6.45, 7) is 8.11. The van der Waals surface area contributed by atoms with Crippen LogP contribution in [0.1, 0.15) is 27.2 Å². The van der Waals surface area contributed by atoms with E-state index in [9.17, 15) is 13.2 Å². The van der Waals surface area contributed by atoms with Gasteiger partial charge in [-0.3, -0.25) is 4.79 Å². The van der Waals surface area contributed by atoms with E-state index in [2.05, 4.69) is 20.3 Å². The smallest absolute Gasteiger partial charge is 0.326 e. The van der Waals surface area contributed by atoms with Gasteiger partial charge in [0.05, 0.1) is 6.61 Å². The van der Waals surface area contributed by atoms with E-state index in [-0.39, 0.29) is 12.2 Å². The fourth-order valence-electron chi connectivity index (χ4n) is 0.778. The van der Waals surface area contributed by atoms with Crippen LogP contribution in [-0.4, -0.2) is 27.2 Å². The molecule has 0 aromatic rings. The molecule has 6 nitrogen and oxygen atoms in total. The van der Waals surface area contributed by atoms with E-state index in [0.29, 0.717) is 6.42 Å². The first-order valence-corrected chi connectivity index (χ1v) is 6.19. The Hall–Kier alpha value is -0.920. The zero-order valence-electron chi connectivity index (χ0n) is 9.65. The summed E-state index contributed by atoms with van der Waals surface area (Å²) in [7, 11) is -4.06. The third-order valence-corrected chi connectivity index (χ3v) is 2.54. The van der Waals surface area contributed by atoms with Crippen LogP contribution >= 0.6 is 0 Å². The van der Waals surface area contributed by atoms with Crippen molar-refractivity contribution in [3.8, 4) is 0 Å². The number of carbonyl (C=O) groups excluding carboxylic acids is 1. The zero-order valence-corrected chi connectivity index (χ0v) is 10.5. The van der Waals surface area contributed by atoms with E-state index in [0.717, 1.165) is 0 Å². The number of nitrogens with one attached hydrogen (secondary N) is 1. The Morgan fingerprint density at radius 2 is 2.00 bits per heavy atom. The van der Waals surface area contributed by atoms with Gasteiger partial charge in [-0.2, -0.15) is 8.42 Å². The van der Waals surface area contributed by atoms with Gasteiger partial charge in [-0.15, -0.1) is 0 Å². The summed E-state index contributed by atoms with van der Waals surface area (Å²) in [6, 6.07) is 0. The van der Waals surface area contributed by atoms with Crippen molar-refractivity contribution in [3.63, 3.8) is 0 Å². The molecule has 0 spiro atoms. The minimum Gasteiger partial charge on any atom is -0.326 e. The van der Waals surface area contributed by atoms with Gasteiger partial charge in [-0.05, 0) is 20.3 Å². The van der Waals surface area contributed by atoms with E-state index >= 15 is 0 Å². The van der Waals surface area contributed by atoms with E-state index in [1.54, 1.807) is 6.92 Å². The van der Waals surface area contributed by atoms with Crippen molar-refractivity contribution in [2.75, 3.05) is 6.61 Å². The topological polar surface area (TPSA) is 81.7 Å². The van der Waals surface area contributed by atoms with Crippen molar-refractivity contribution in [1.29, 1.82) is 0 Å². The normalized spacial score (nSPS) is 13.2. The lowest BCUT2D eigenvalue weighted by Gasteiger charge is -2.16. The highest BCUT2D eigenvalue weighted by Gasteiger charge is 2.20. The molecule has 0 radical (unpaired) electrons. The van der Waals surface area contributed by atoms with Gasteiger partial charge in [-0.25, -0.2) is 8.37 Å². The van der Waals surface area contributed by atoms with E-state index < -0.39 is 22.5 Å². The van der Waals surface area contributed by atoms with Crippen LogP contribution in [0.5, 0.6) is 0 Å². The maximum Gasteiger partial charge on any atom is 0.401 e. The highest BCUT2D eigenvalue weighted by Crippen LogP contribution is 2.04. The molecule has 0 saturated heterocycles. The SMILES string of the molecule is C=C(C)C(=O)NC(CC)OS(=O)(=O)OCC. The lowest BCUT2D eigenvalue weighted by atomic mass is 10.3. The summed E-state index contributed by atoms with van der Waals surface area (Å²) in [6.07, 6.45) is -0.647. The van der Waals surface area contributed by atoms with Gasteiger partial charge in [0.1, 0.15) is 0 Å². The molecule has 1 unspecified atom stereocenters. The van der Waals surface area contributed by atoms with Gasteiger partial charge < -0.3 is 5.32 Å². The summed E-state index contributed by atoms with van der Waals surface area (Å²) >= 11 is 0. The predicted octanol–water partition coefficient (Wildman–Crippen LogP) is 0.713. The second-order valence-corrected chi connectivity index (χ2v) is 4.31. The number of hydrogen-bond acceptors (Lipinski definition) is 5. The lowest BCUT2D eigenvalue weighted by molar-refractivity contribution is -0.119. The lowest BCUT2D eigenvalue weighted by Crippen LogP contribution is -2.38. The minimum atomic E-state index is -4.06. The molecule has 0 aromatic carbocycles. The Balaban J connectivity index is 4.42. The standard InChI is InChI=1S/C9H17NO5S/c1-5-8(10-9(11)7(3)4)15-16(12,13)14-6-2/h8H,3,5-6H2,1-2,4H3,(H,10,11). The molecule has 0 aliphatic rings. The van der Waals surface area contributed by atoms with Gasteiger partial charge in [0, 0.05) is 5.57 Å². The zero-order chi connectivity index (χ0) is 12.8. The predicted molar refractivity (Wildman–Crippen MR) is 58.7 cm³/mol. The highest BCUT2D eigenvalue weighted by atomic mass is 32.3. The fraction of sp³-hybridized carbons (Fsp3) is 0.667. The van der Waals surface area contributed by atoms with Crippen LogP contribution in [0.2, 0.25) is 0 Å². The van der Waals surface area contributed by atoms with Gasteiger partial charge in [-0.1, -0.05) is 13.5 Å². The number of rotatable bonds is 7. The molecule has 0 aliphatic carbocycles. The van der Waals surface area contributed by atoms with Crippen LogP contribution in [0.25, 0.3) is 0 Å². The molecule has 94 valence electrons. The second-order valence-electron chi connectivity index (χ2n) is 3.06. The average molecular weight is 251 g/mol. The third-order valence-electron chi connectivity index (χ3n) is 1.55. The van der Waals surface area contributed by atoms with Crippen molar-refractivity contribution in [2.45, 2.75) is 33.4 Å². The molecule has 1 atom stereocenters.